The molecule has 0 saturated carbocycles. The molecule has 2 aromatic rings. The highest BCUT2D eigenvalue weighted by atomic mass is 19.4. The fourth-order valence-corrected chi connectivity index (χ4v) is 2.17. The van der Waals surface area contributed by atoms with Crippen molar-refractivity contribution in [2.45, 2.75) is 26.1 Å². The number of rotatable bonds is 6. The maximum atomic E-state index is 12.7. The van der Waals surface area contributed by atoms with Gasteiger partial charge in [0.2, 0.25) is 0 Å². The summed E-state index contributed by atoms with van der Waals surface area (Å²) in [4.78, 5) is 23.7. The lowest BCUT2D eigenvalue weighted by Crippen LogP contribution is -2.29. The van der Waals surface area contributed by atoms with Gasteiger partial charge in [0.05, 0.1) is 5.56 Å². The second-order valence-corrected chi connectivity index (χ2v) is 5.81. The Bertz CT molecular complexity index is 821. The first-order chi connectivity index (χ1) is 12.6. The number of esters is 1. The molecule has 27 heavy (non-hydrogen) atoms. The fraction of sp³-hybridized carbons (Fsp3) is 0.263. The second kappa shape index (κ2) is 8.57. The Morgan fingerprint density at radius 1 is 1.11 bits per heavy atom. The van der Waals surface area contributed by atoms with Crippen molar-refractivity contribution in [3.05, 3.63) is 59.7 Å². The van der Waals surface area contributed by atoms with Gasteiger partial charge in [0.1, 0.15) is 5.75 Å². The molecule has 0 unspecified atom stereocenters. The molecule has 5 nitrogen and oxygen atoms in total. The van der Waals surface area contributed by atoms with Crippen LogP contribution in [0, 0.1) is 6.92 Å². The van der Waals surface area contributed by atoms with Crippen LogP contribution in [0.2, 0.25) is 0 Å². The van der Waals surface area contributed by atoms with Gasteiger partial charge in [-0.2, -0.15) is 13.2 Å². The van der Waals surface area contributed by atoms with E-state index in [0.29, 0.717) is 5.75 Å². The van der Waals surface area contributed by atoms with Gasteiger partial charge in [0.25, 0.3) is 5.91 Å². The monoisotopic (exact) mass is 381 g/mol. The zero-order chi connectivity index (χ0) is 20.0. The fourth-order valence-electron chi connectivity index (χ4n) is 2.17. The van der Waals surface area contributed by atoms with E-state index in [1.165, 1.54) is 19.1 Å². The standard InChI is InChI=1S/C19H18F3NO4/c1-12-5-3-8-16(9-12)27-13(2)18(25)26-11-17(24)23-15-7-4-6-14(10-15)19(20,21)22/h3-10,13H,11H2,1-2H3,(H,23,24)/t13-/m1/s1. The number of ether oxygens (including phenoxy) is 2. The van der Waals surface area contributed by atoms with E-state index < -0.39 is 36.3 Å². The number of amides is 1. The maximum Gasteiger partial charge on any atom is 0.416 e. The van der Waals surface area contributed by atoms with Crippen LogP contribution in [0.15, 0.2) is 48.5 Å². The molecule has 0 radical (unpaired) electrons. The van der Waals surface area contributed by atoms with Crippen molar-refractivity contribution < 1.29 is 32.2 Å². The van der Waals surface area contributed by atoms with Gasteiger partial charge in [-0.25, -0.2) is 4.79 Å². The van der Waals surface area contributed by atoms with Crippen molar-refractivity contribution in [2.75, 3.05) is 11.9 Å². The SMILES string of the molecule is Cc1cccc(O[C@H](C)C(=O)OCC(=O)Nc2cccc(C(F)(F)F)c2)c1. The summed E-state index contributed by atoms with van der Waals surface area (Å²) < 4.78 is 48.2. The Morgan fingerprint density at radius 2 is 1.81 bits per heavy atom. The lowest BCUT2D eigenvalue weighted by Gasteiger charge is -2.14. The number of hydrogen-bond acceptors (Lipinski definition) is 4. The lowest BCUT2D eigenvalue weighted by molar-refractivity contribution is -0.153. The van der Waals surface area contributed by atoms with Gasteiger partial charge >= 0.3 is 12.1 Å². The van der Waals surface area contributed by atoms with Crippen molar-refractivity contribution in [1.29, 1.82) is 0 Å². The van der Waals surface area contributed by atoms with Crippen LogP contribution in [0.4, 0.5) is 18.9 Å². The van der Waals surface area contributed by atoms with Gasteiger partial charge in [-0.15, -0.1) is 0 Å². The zero-order valence-corrected chi connectivity index (χ0v) is 14.7. The summed E-state index contributed by atoms with van der Waals surface area (Å²) in [5.74, 6) is -1.05. The Morgan fingerprint density at radius 3 is 2.48 bits per heavy atom. The van der Waals surface area contributed by atoms with E-state index >= 15 is 0 Å². The molecule has 0 spiro atoms. The number of carbonyl (C=O) groups excluding carboxylic acids is 2. The normalized spacial score (nSPS) is 12.2. The van der Waals surface area contributed by atoms with Gasteiger partial charge in [-0.05, 0) is 49.7 Å². The molecule has 0 aliphatic heterocycles. The summed E-state index contributed by atoms with van der Waals surface area (Å²) in [6.07, 6.45) is -5.47. The quantitative estimate of drug-likeness (QED) is 0.770. The molecule has 0 bridgehead atoms. The largest absolute Gasteiger partial charge is 0.479 e. The van der Waals surface area contributed by atoms with Crippen molar-refractivity contribution in [1.82, 2.24) is 0 Å². The molecule has 1 N–H and O–H groups in total. The Labute approximate surface area is 154 Å². The molecule has 0 heterocycles. The number of carbonyl (C=O) groups is 2. The predicted octanol–water partition coefficient (Wildman–Crippen LogP) is 3.96. The molecule has 1 amide bonds. The van der Waals surface area contributed by atoms with Crippen LogP contribution >= 0.6 is 0 Å². The van der Waals surface area contributed by atoms with Crippen LogP contribution < -0.4 is 10.1 Å². The van der Waals surface area contributed by atoms with E-state index in [9.17, 15) is 22.8 Å². The third kappa shape index (κ3) is 6.32. The van der Waals surface area contributed by atoms with Crippen LogP contribution in [0.1, 0.15) is 18.1 Å². The number of halogens is 3. The van der Waals surface area contributed by atoms with Gasteiger partial charge in [-0.3, -0.25) is 4.79 Å². The first kappa shape index (κ1) is 20.3. The van der Waals surface area contributed by atoms with E-state index in [0.717, 1.165) is 17.7 Å². The number of aryl methyl sites for hydroxylation is 1. The van der Waals surface area contributed by atoms with Gasteiger partial charge in [0, 0.05) is 5.69 Å². The molecular formula is C19H18F3NO4. The van der Waals surface area contributed by atoms with E-state index in [1.54, 1.807) is 18.2 Å². The summed E-state index contributed by atoms with van der Waals surface area (Å²) in [6, 6.07) is 11.2. The van der Waals surface area contributed by atoms with Gasteiger partial charge < -0.3 is 14.8 Å². The Kier molecular flexibility index (Phi) is 6.44. The Balaban J connectivity index is 1.85. The van der Waals surface area contributed by atoms with E-state index in [4.69, 9.17) is 9.47 Å². The topological polar surface area (TPSA) is 64.6 Å². The molecule has 2 rings (SSSR count). The first-order valence-corrected chi connectivity index (χ1v) is 8.02. The van der Waals surface area contributed by atoms with Gasteiger partial charge in [-0.1, -0.05) is 18.2 Å². The van der Waals surface area contributed by atoms with Crippen molar-refractivity contribution in [2.24, 2.45) is 0 Å². The van der Waals surface area contributed by atoms with Crippen LogP contribution in [0.3, 0.4) is 0 Å². The average Bonchev–Trinajstić information content (AvgIpc) is 2.59. The molecule has 0 aliphatic rings. The second-order valence-electron chi connectivity index (χ2n) is 5.81. The number of anilines is 1. The summed E-state index contributed by atoms with van der Waals surface area (Å²) in [5.41, 5.74) is 0.0148. The van der Waals surface area contributed by atoms with Crippen LogP contribution in [-0.4, -0.2) is 24.6 Å². The summed E-state index contributed by atoms with van der Waals surface area (Å²) in [6.45, 7) is 2.69. The zero-order valence-electron chi connectivity index (χ0n) is 14.7. The van der Waals surface area contributed by atoms with Crippen molar-refractivity contribution in [3.8, 4) is 5.75 Å². The number of benzene rings is 2. The summed E-state index contributed by atoms with van der Waals surface area (Å²) in [7, 11) is 0. The molecule has 0 fully saturated rings. The minimum absolute atomic E-state index is 0.0464. The summed E-state index contributed by atoms with van der Waals surface area (Å²) in [5, 5.41) is 2.25. The Hall–Kier alpha value is -3.03. The minimum Gasteiger partial charge on any atom is -0.479 e. The maximum absolute atomic E-state index is 12.7. The summed E-state index contributed by atoms with van der Waals surface area (Å²) >= 11 is 0. The molecule has 2 aromatic carbocycles. The highest BCUT2D eigenvalue weighted by molar-refractivity contribution is 5.93. The lowest BCUT2D eigenvalue weighted by atomic mass is 10.2. The molecular weight excluding hydrogens is 363 g/mol. The molecule has 0 aromatic heterocycles. The van der Waals surface area contributed by atoms with Crippen LogP contribution in [0.25, 0.3) is 0 Å². The molecule has 144 valence electrons. The molecule has 8 heteroatoms. The van der Waals surface area contributed by atoms with E-state index in [1.807, 2.05) is 13.0 Å². The number of alkyl halides is 3. The molecule has 0 aliphatic carbocycles. The predicted molar refractivity (Wildman–Crippen MR) is 92.3 cm³/mol. The van der Waals surface area contributed by atoms with E-state index in [-0.39, 0.29) is 5.69 Å². The van der Waals surface area contributed by atoms with Crippen LogP contribution in [-0.2, 0) is 20.5 Å². The van der Waals surface area contributed by atoms with Crippen molar-refractivity contribution >= 4 is 17.6 Å². The smallest absolute Gasteiger partial charge is 0.416 e. The number of nitrogens with one attached hydrogen (secondary N) is 1. The highest BCUT2D eigenvalue weighted by Gasteiger charge is 2.30. The minimum atomic E-state index is -4.52. The molecule has 0 saturated heterocycles. The van der Waals surface area contributed by atoms with Crippen LogP contribution in [0.5, 0.6) is 5.75 Å². The van der Waals surface area contributed by atoms with Gasteiger partial charge in [0.15, 0.2) is 12.7 Å². The highest BCUT2D eigenvalue weighted by Crippen LogP contribution is 2.30. The van der Waals surface area contributed by atoms with Crippen molar-refractivity contribution in [3.63, 3.8) is 0 Å². The number of hydrogen-bond donors (Lipinski definition) is 1. The van der Waals surface area contributed by atoms with E-state index in [2.05, 4.69) is 5.32 Å². The third-order valence-electron chi connectivity index (χ3n) is 3.45. The average molecular weight is 381 g/mol. The first-order valence-electron chi connectivity index (χ1n) is 8.02. The molecule has 1 atom stereocenters. The third-order valence-corrected chi connectivity index (χ3v) is 3.45.